The van der Waals surface area contributed by atoms with Gasteiger partial charge in [0.05, 0.1) is 18.0 Å². The molecule has 7 nitrogen and oxygen atoms in total. The van der Waals surface area contributed by atoms with E-state index in [1.165, 1.54) is 0 Å². The molecule has 4 rings (SSSR count). The number of pyridine rings is 1. The molecule has 0 fully saturated rings. The van der Waals surface area contributed by atoms with Crippen LogP contribution in [-0.4, -0.2) is 41.0 Å². The number of carbonyl (C=O) groups excluding carboxylic acids is 1. The van der Waals surface area contributed by atoms with Gasteiger partial charge in [0.2, 0.25) is 0 Å². The quantitative estimate of drug-likeness (QED) is 0.409. The maximum absolute atomic E-state index is 12.8. The van der Waals surface area contributed by atoms with Crippen molar-refractivity contribution in [3.63, 3.8) is 0 Å². The van der Waals surface area contributed by atoms with E-state index in [1.807, 2.05) is 59.4 Å². The van der Waals surface area contributed by atoms with Gasteiger partial charge in [-0.2, -0.15) is 5.10 Å². The number of nitrogens with one attached hydrogen (secondary N) is 1. The molecule has 0 atom stereocenters. The van der Waals surface area contributed by atoms with Crippen molar-refractivity contribution in [1.82, 2.24) is 20.1 Å². The van der Waals surface area contributed by atoms with Crippen molar-refractivity contribution in [2.75, 3.05) is 20.3 Å². The Hall–Kier alpha value is -3.97. The smallest absolute Gasteiger partial charge is 0.251 e. The number of para-hydroxylation sites is 1. The second-order valence-electron chi connectivity index (χ2n) is 7.07. The number of aromatic nitrogens is 3. The summed E-state index contributed by atoms with van der Waals surface area (Å²) in [7, 11) is 1.62. The molecule has 32 heavy (non-hydrogen) atoms. The zero-order valence-electron chi connectivity index (χ0n) is 17.8. The minimum atomic E-state index is -0.185. The third-order valence-electron chi connectivity index (χ3n) is 4.86. The summed E-state index contributed by atoms with van der Waals surface area (Å²) in [6, 6.07) is 20.8. The van der Waals surface area contributed by atoms with E-state index in [0.29, 0.717) is 31.1 Å². The van der Waals surface area contributed by atoms with E-state index in [-0.39, 0.29) is 5.91 Å². The number of hydrogen-bond donors (Lipinski definition) is 1. The first-order chi connectivity index (χ1) is 15.7. The first-order valence-corrected chi connectivity index (χ1v) is 10.3. The average molecular weight is 428 g/mol. The largest absolute Gasteiger partial charge is 0.491 e. The fourth-order valence-corrected chi connectivity index (χ4v) is 3.25. The summed E-state index contributed by atoms with van der Waals surface area (Å²) in [4.78, 5) is 16.9. The molecule has 2 aromatic carbocycles. The van der Waals surface area contributed by atoms with Gasteiger partial charge in [-0.3, -0.25) is 9.78 Å². The van der Waals surface area contributed by atoms with Gasteiger partial charge in [0, 0.05) is 48.9 Å². The second-order valence-corrected chi connectivity index (χ2v) is 7.07. The molecule has 2 aromatic heterocycles. The van der Waals surface area contributed by atoms with E-state index < -0.39 is 0 Å². The van der Waals surface area contributed by atoms with Gasteiger partial charge in [-0.1, -0.05) is 24.3 Å². The Kier molecular flexibility index (Phi) is 6.89. The molecular weight excluding hydrogens is 404 g/mol. The Bertz CT molecular complexity index is 1160. The van der Waals surface area contributed by atoms with Crippen LogP contribution < -0.4 is 10.1 Å². The molecule has 7 heteroatoms. The molecular formula is C25H24N4O3. The number of benzene rings is 2. The van der Waals surface area contributed by atoms with Crippen molar-refractivity contribution in [3.8, 4) is 22.7 Å². The summed E-state index contributed by atoms with van der Waals surface area (Å²) in [5.41, 5.74) is 4.11. The van der Waals surface area contributed by atoms with Crippen LogP contribution in [0.5, 0.6) is 5.75 Å². The number of rotatable bonds is 9. The summed E-state index contributed by atoms with van der Waals surface area (Å²) < 4.78 is 12.4. The topological polar surface area (TPSA) is 78.3 Å². The first-order valence-electron chi connectivity index (χ1n) is 10.3. The van der Waals surface area contributed by atoms with E-state index in [2.05, 4.69) is 10.3 Å². The van der Waals surface area contributed by atoms with Gasteiger partial charge in [-0.15, -0.1) is 0 Å². The summed E-state index contributed by atoms with van der Waals surface area (Å²) in [6.07, 6.45) is 5.40. The highest BCUT2D eigenvalue weighted by Crippen LogP contribution is 2.23. The molecule has 162 valence electrons. The molecule has 4 aromatic rings. The number of hydrogen-bond acceptors (Lipinski definition) is 5. The molecule has 0 saturated carbocycles. The minimum Gasteiger partial charge on any atom is -0.491 e. The molecule has 0 aliphatic rings. The lowest BCUT2D eigenvalue weighted by Gasteiger charge is -2.09. The van der Waals surface area contributed by atoms with Crippen LogP contribution >= 0.6 is 0 Å². The molecule has 1 N–H and O–H groups in total. The Morgan fingerprint density at radius 1 is 1.00 bits per heavy atom. The summed E-state index contributed by atoms with van der Waals surface area (Å²) in [5, 5.41) is 7.76. The number of methoxy groups -OCH3 is 1. The predicted molar refractivity (Wildman–Crippen MR) is 122 cm³/mol. The van der Waals surface area contributed by atoms with E-state index in [9.17, 15) is 4.79 Å². The van der Waals surface area contributed by atoms with Crippen LogP contribution in [0.4, 0.5) is 0 Å². The third-order valence-corrected chi connectivity index (χ3v) is 4.86. The van der Waals surface area contributed by atoms with Crippen LogP contribution in [0.2, 0.25) is 0 Å². The van der Waals surface area contributed by atoms with Crippen molar-refractivity contribution in [1.29, 1.82) is 0 Å². The van der Waals surface area contributed by atoms with Crippen LogP contribution in [0.25, 0.3) is 16.9 Å². The Balaban J connectivity index is 1.53. The van der Waals surface area contributed by atoms with Gasteiger partial charge in [-0.05, 0) is 42.5 Å². The highest BCUT2D eigenvalue weighted by atomic mass is 16.5. The lowest BCUT2D eigenvalue weighted by atomic mass is 10.1. The molecule has 0 spiro atoms. The van der Waals surface area contributed by atoms with Crippen molar-refractivity contribution in [2.45, 2.75) is 6.54 Å². The number of carbonyl (C=O) groups is 1. The molecule has 0 aliphatic carbocycles. The second kappa shape index (κ2) is 10.4. The van der Waals surface area contributed by atoms with E-state index in [0.717, 1.165) is 22.5 Å². The lowest BCUT2D eigenvalue weighted by Crippen LogP contribution is -2.23. The fourth-order valence-electron chi connectivity index (χ4n) is 3.25. The van der Waals surface area contributed by atoms with Crippen LogP contribution in [-0.2, 0) is 11.3 Å². The molecule has 0 saturated heterocycles. The van der Waals surface area contributed by atoms with Crippen molar-refractivity contribution in [3.05, 3.63) is 96.4 Å². The van der Waals surface area contributed by atoms with Crippen LogP contribution in [0.15, 0.2) is 85.3 Å². The zero-order chi connectivity index (χ0) is 22.2. The zero-order valence-corrected chi connectivity index (χ0v) is 17.8. The Morgan fingerprint density at radius 3 is 2.59 bits per heavy atom. The molecule has 0 aliphatic heterocycles. The summed E-state index contributed by atoms with van der Waals surface area (Å²) in [6.45, 7) is 1.24. The van der Waals surface area contributed by atoms with Crippen molar-refractivity contribution >= 4 is 5.91 Å². The van der Waals surface area contributed by atoms with Crippen LogP contribution in [0.3, 0.4) is 0 Å². The maximum Gasteiger partial charge on any atom is 0.251 e. The van der Waals surface area contributed by atoms with E-state index >= 15 is 0 Å². The Labute approximate surface area is 186 Å². The standard InChI is InChI=1S/C25H24N4O3/c1-31-14-15-32-23-9-5-6-20(16-23)25(30)27-17-21-18-29(22-7-3-2-4-8-22)28-24(21)19-10-12-26-13-11-19/h2-13,16,18H,14-15,17H2,1H3,(H,27,30). The summed E-state index contributed by atoms with van der Waals surface area (Å²) in [5.74, 6) is 0.444. The van der Waals surface area contributed by atoms with Gasteiger partial charge in [-0.25, -0.2) is 4.68 Å². The molecule has 1 amide bonds. The third kappa shape index (κ3) is 5.19. The highest BCUT2D eigenvalue weighted by molar-refractivity contribution is 5.94. The van der Waals surface area contributed by atoms with Gasteiger partial charge in [0.15, 0.2) is 0 Å². The highest BCUT2D eigenvalue weighted by Gasteiger charge is 2.14. The Morgan fingerprint density at radius 2 is 1.81 bits per heavy atom. The molecule has 0 radical (unpaired) electrons. The maximum atomic E-state index is 12.8. The van der Waals surface area contributed by atoms with E-state index in [4.69, 9.17) is 14.6 Å². The normalized spacial score (nSPS) is 10.7. The van der Waals surface area contributed by atoms with Crippen molar-refractivity contribution in [2.24, 2.45) is 0 Å². The van der Waals surface area contributed by atoms with E-state index in [1.54, 1.807) is 37.7 Å². The molecule has 0 unspecified atom stereocenters. The lowest BCUT2D eigenvalue weighted by molar-refractivity contribution is 0.0950. The van der Waals surface area contributed by atoms with Gasteiger partial charge in [0.1, 0.15) is 12.4 Å². The monoisotopic (exact) mass is 428 g/mol. The number of nitrogens with zero attached hydrogens (tertiary/aromatic N) is 3. The minimum absolute atomic E-state index is 0.185. The molecule has 0 bridgehead atoms. The fraction of sp³-hybridized carbons (Fsp3) is 0.160. The average Bonchev–Trinajstić information content (AvgIpc) is 3.28. The van der Waals surface area contributed by atoms with Crippen LogP contribution in [0, 0.1) is 0 Å². The summed E-state index contributed by atoms with van der Waals surface area (Å²) >= 11 is 0. The van der Waals surface area contributed by atoms with Gasteiger partial charge in [0.25, 0.3) is 5.91 Å². The first kappa shape index (κ1) is 21.3. The SMILES string of the molecule is COCCOc1cccc(C(=O)NCc2cn(-c3ccccc3)nc2-c2ccncc2)c1. The molecule has 2 heterocycles. The van der Waals surface area contributed by atoms with Gasteiger partial charge >= 0.3 is 0 Å². The van der Waals surface area contributed by atoms with Crippen LogP contribution in [0.1, 0.15) is 15.9 Å². The van der Waals surface area contributed by atoms with Crippen molar-refractivity contribution < 1.29 is 14.3 Å². The number of ether oxygens (including phenoxy) is 2. The number of amides is 1. The predicted octanol–water partition coefficient (Wildman–Crippen LogP) is 3.89. The van der Waals surface area contributed by atoms with Gasteiger partial charge < -0.3 is 14.8 Å².